The summed E-state index contributed by atoms with van der Waals surface area (Å²) in [6.45, 7) is -1.32. The number of aliphatic imine (C=N–C) groups is 3. The third kappa shape index (κ3) is 25.1. The van der Waals surface area contributed by atoms with Gasteiger partial charge in [0, 0.05) is 58.5 Å². The zero-order chi connectivity index (χ0) is 74.4. The predicted octanol–water partition coefficient (Wildman–Crippen LogP) is -3.23. The highest BCUT2D eigenvalue weighted by Gasteiger charge is 2.32. The van der Waals surface area contributed by atoms with Crippen molar-refractivity contribution in [3.05, 3.63) is 36.1 Å². The van der Waals surface area contributed by atoms with E-state index in [4.69, 9.17) is 39.1 Å². The Bertz CT molecular complexity index is 3620. The summed E-state index contributed by atoms with van der Waals surface area (Å²) in [7, 11) is 0. The van der Waals surface area contributed by atoms with Gasteiger partial charge < -0.3 is 99.4 Å². The minimum Gasteiger partial charge on any atom is -0.444 e. The summed E-state index contributed by atoms with van der Waals surface area (Å²) in [6, 6.07) is -2.33. The summed E-state index contributed by atoms with van der Waals surface area (Å²) in [5.74, 6) is -7.92. The van der Waals surface area contributed by atoms with E-state index in [9.17, 15) is 67.1 Å². The maximum Gasteiger partial charge on any atom is 0.408 e. The second kappa shape index (κ2) is 40.4. The molecule has 0 aliphatic carbocycles. The van der Waals surface area contributed by atoms with Crippen LogP contribution in [0.1, 0.15) is 154 Å². The Morgan fingerprint density at radius 2 is 0.912 bits per heavy atom. The highest BCUT2D eigenvalue weighted by Crippen LogP contribution is 2.27. The second-order valence-corrected chi connectivity index (χ2v) is 24.6. The number of nitrogens with zero attached hydrogens (tertiary/aromatic N) is 12. The zero-order valence-electron chi connectivity index (χ0n) is 57.5. The van der Waals surface area contributed by atoms with E-state index < -0.39 is 128 Å². The van der Waals surface area contributed by atoms with E-state index in [2.05, 4.69) is 61.8 Å². The van der Waals surface area contributed by atoms with Crippen molar-refractivity contribution in [2.45, 2.75) is 161 Å². The van der Waals surface area contributed by atoms with Crippen LogP contribution in [0.15, 0.2) is 34.0 Å². The fourth-order valence-electron chi connectivity index (χ4n) is 10.8. The number of imidazole rings is 3. The zero-order valence-corrected chi connectivity index (χ0v) is 57.5. The minimum atomic E-state index is -1.21. The van der Waals surface area contributed by atoms with Crippen LogP contribution in [0.3, 0.4) is 0 Å². The van der Waals surface area contributed by atoms with Gasteiger partial charge in [0.15, 0.2) is 51.9 Å². The Hall–Kier alpha value is -10.9. The monoisotopic (exact) mass is 1430 g/mol. The largest absolute Gasteiger partial charge is 0.444 e. The normalized spacial score (nSPS) is 13.8. The molecule has 6 rings (SSSR count). The summed E-state index contributed by atoms with van der Waals surface area (Å²) in [4.78, 5) is 216. The molecule has 0 bridgehead atoms. The fraction of sp³-hybridized carbons (Fsp3) is 0.587. The molecular formula is C63H94N24O15. The van der Waals surface area contributed by atoms with Gasteiger partial charge in [-0.3, -0.25) is 62.3 Å². The molecule has 3 aromatic heterocycles. The van der Waals surface area contributed by atoms with Crippen molar-refractivity contribution in [2.75, 3.05) is 78.5 Å². The van der Waals surface area contributed by atoms with Gasteiger partial charge >= 0.3 is 6.09 Å². The summed E-state index contributed by atoms with van der Waals surface area (Å²) >= 11 is 0. The highest BCUT2D eigenvalue weighted by molar-refractivity contribution is 6.15. The molecule has 3 unspecified atom stereocenters. The maximum absolute atomic E-state index is 14.3. The predicted molar refractivity (Wildman–Crippen MR) is 367 cm³/mol. The molecule has 39 nitrogen and oxygen atoms in total. The number of fused-ring (bicyclic) bond motifs is 3. The first kappa shape index (κ1) is 80.1. The number of ether oxygens (including phenoxy) is 1. The number of amidine groups is 3. The van der Waals surface area contributed by atoms with Gasteiger partial charge in [0.05, 0.1) is 64.4 Å². The lowest BCUT2D eigenvalue weighted by atomic mass is 10.1. The van der Waals surface area contributed by atoms with Gasteiger partial charge in [-0.2, -0.15) is 0 Å². The van der Waals surface area contributed by atoms with Crippen LogP contribution in [0.4, 0.5) is 22.2 Å². The number of Topliss-reactive ketones (excluding diaryl/α,β-unsaturated/α-hetero) is 4. The number of rotatable bonds is 45. The quantitative estimate of drug-likeness (QED) is 0.0248. The molecule has 3 aromatic rings. The second-order valence-electron chi connectivity index (χ2n) is 24.6. The first-order chi connectivity index (χ1) is 48.8. The van der Waals surface area contributed by atoms with E-state index in [-0.39, 0.29) is 167 Å². The molecule has 18 N–H and O–H groups in total. The van der Waals surface area contributed by atoms with Crippen molar-refractivity contribution in [1.29, 1.82) is 0 Å². The molecule has 556 valence electrons. The number of carbonyl (C=O) groups excluding carboxylic acids is 14. The van der Waals surface area contributed by atoms with Crippen LogP contribution in [0, 0.1) is 0 Å². The van der Waals surface area contributed by atoms with Crippen LogP contribution in [0.25, 0.3) is 0 Å². The average molecular weight is 1430 g/mol. The Labute approximate surface area is 587 Å². The standard InChI is InChI=1S/C63H94N24O15/c1-3-5-11-38(88)15-16-39(28-73-48(92)14-6-4-2)102-63(101)78-41(13-8-10-18-65)62(100)72-21-24-83(53(97)33-86-36-75-56-43(90)26-46(67)80-60(56)86)30-50(94)70-19-22-82(52(96)32-85-35-74-55-42(89)25-45(66)79-59(55)85)29-49(93)71-20-23-84(31-51(95)77-40(58(69)99)12-7-9-17-64)54(98)34-87-37-76-57-44(91)27-47(68)81-61(57)87/h35-37,39-41H,3-34,64-65H2,1-2H3,(H2,66,79)(H2,67,80)(H2,68,81)(H2,69,99)(H,70,94)(H,71,93)(H,72,100)(H,73,92)(H,77,95)(H,78,101). The molecule has 0 saturated carbocycles. The maximum atomic E-state index is 14.3. The molecular weight excluding hydrogens is 1330 g/mol. The number of hydrogen-bond donors (Lipinski definition) is 12. The summed E-state index contributed by atoms with van der Waals surface area (Å²) in [5, 5.41) is 15.8. The van der Waals surface area contributed by atoms with Crippen molar-refractivity contribution in [3.63, 3.8) is 0 Å². The van der Waals surface area contributed by atoms with Crippen LogP contribution >= 0.6 is 0 Å². The Kier molecular flexibility index (Phi) is 31.7. The molecule has 0 aromatic carbocycles. The van der Waals surface area contributed by atoms with Crippen LogP contribution in [-0.4, -0.2) is 240 Å². The number of nitrogens with two attached hydrogens (primary N) is 6. The smallest absolute Gasteiger partial charge is 0.408 e. The van der Waals surface area contributed by atoms with Crippen LogP contribution < -0.4 is 66.3 Å². The SMILES string of the molecule is CCCCC(=O)CCC(CNC(=O)CCCC)OC(=O)NC(CCCCN)C(=O)NCCN(CC(=O)NCCN(CC(=O)NCCN(CC(=O)NC(CCCCN)C(N)=O)C(=O)Cn1cnc2c1N=C(N)CC2=O)C(=O)Cn1cnc2c1N=C(N)CC2=O)C(=O)Cn1cnc2c1N=C(N)CC2=O. The molecule has 10 amide bonds. The molecule has 0 saturated heterocycles. The first-order valence-corrected chi connectivity index (χ1v) is 33.9. The molecule has 102 heavy (non-hydrogen) atoms. The third-order valence-electron chi connectivity index (χ3n) is 16.4. The fourth-order valence-corrected chi connectivity index (χ4v) is 10.8. The van der Waals surface area contributed by atoms with Crippen molar-refractivity contribution >= 4 is 117 Å². The number of amides is 10. The molecule has 3 aliphatic heterocycles. The lowest BCUT2D eigenvalue weighted by Crippen LogP contribution is -2.51. The van der Waals surface area contributed by atoms with E-state index in [1.807, 2.05) is 13.8 Å². The lowest BCUT2D eigenvalue weighted by molar-refractivity contribution is -0.138. The van der Waals surface area contributed by atoms with Crippen LogP contribution in [0.2, 0.25) is 0 Å². The molecule has 6 heterocycles. The number of unbranched alkanes of at least 4 members (excludes halogenated alkanes) is 4. The van der Waals surface area contributed by atoms with Crippen molar-refractivity contribution in [1.82, 2.24) is 75.3 Å². The number of aromatic nitrogens is 6. The van der Waals surface area contributed by atoms with Crippen LogP contribution in [0.5, 0.6) is 0 Å². The third-order valence-corrected chi connectivity index (χ3v) is 16.4. The van der Waals surface area contributed by atoms with Gasteiger partial charge in [0.25, 0.3) is 0 Å². The number of carbonyl (C=O) groups is 14. The number of primary amides is 1. The Balaban J connectivity index is 1.17. The van der Waals surface area contributed by atoms with Crippen molar-refractivity contribution in [3.8, 4) is 0 Å². The Morgan fingerprint density at radius 1 is 0.500 bits per heavy atom. The van der Waals surface area contributed by atoms with E-state index in [1.54, 1.807) is 0 Å². The van der Waals surface area contributed by atoms with Crippen molar-refractivity contribution in [2.24, 2.45) is 49.4 Å². The van der Waals surface area contributed by atoms with Gasteiger partial charge in [0.1, 0.15) is 61.1 Å². The van der Waals surface area contributed by atoms with Gasteiger partial charge in [-0.1, -0.05) is 26.7 Å². The number of hydrogen-bond acceptors (Lipinski definition) is 26. The minimum absolute atomic E-state index is 0.00688. The number of alkyl carbamates (subject to hydrolysis) is 1. The van der Waals surface area contributed by atoms with Gasteiger partial charge in [-0.05, 0) is 70.9 Å². The highest BCUT2D eigenvalue weighted by atomic mass is 16.6. The Morgan fingerprint density at radius 3 is 1.33 bits per heavy atom. The topological polar surface area (TPSA) is 577 Å². The molecule has 0 radical (unpaired) electrons. The summed E-state index contributed by atoms with van der Waals surface area (Å²) in [5.41, 5.74) is 34.6. The van der Waals surface area contributed by atoms with E-state index in [0.717, 1.165) is 27.5 Å². The summed E-state index contributed by atoms with van der Waals surface area (Å²) in [6.07, 6.45) is 6.81. The molecule has 3 atom stereocenters. The molecule has 3 aliphatic rings. The molecule has 0 fully saturated rings. The first-order valence-electron chi connectivity index (χ1n) is 33.9. The van der Waals surface area contributed by atoms with Gasteiger partial charge in [-0.15, -0.1) is 0 Å². The van der Waals surface area contributed by atoms with Gasteiger partial charge in [0.2, 0.25) is 53.2 Å². The lowest BCUT2D eigenvalue weighted by Gasteiger charge is -2.26. The van der Waals surface area contributed by atoms with Crippen molar-refractivity contribution < 1.29 is 71.9 Å². The van der Waals surface area contributed by atoms with Crippen LogP contribution in [-0.2, 0) is 72.3 Å². The number of ketones is 4. The molecule has 39 heteroatoms. The molecule has 0 spiro atoms. The van der Waals surface area contributed by atoms with E-state index in [1.165, 1.54) is 32.7 Å². The van der Waals surface area contributed by atoms with E-state index in [0.29, 0.717) is 51.5 Å². The average Bonchev–Trinajstić information content (AvgIpc) is 1.66. The summed E-state index contributed by atoms with van der Waals surface area (Å²) < 4.78 is 9.46. The number of nitrogens with one attached hydrogen (secondary N) is 6. The van der Waals surface area contributed by atoms with E-state index >= 15 is 0 Å². The van der Waals surface area contributed by atoms with Gasteiger partial charge in [-0.25, -0.2) is 34.7 Å².